The second kappa shape index (κ2) is 18.4. The first-order chi connectivity index (χ1) is 22.6. The van der Waals surface area contributed by atoms with Crippen LogP contribution in [0.2, 0.25) is 0 Å². The molecule has 1 fully saturated rings. The molecule has 2 heterocycles. The molecule has 1 aliphatic carbocycles. The summed E-state index contributed by atoms with van der Waals surface area (Å²) in [5, 5.41) is 14.1. The monoisotopic (exact) mass is 650 g/mol. The van der Waals surface area contributed by atoms with Crippen LogP contribution in [0.4, 0.5) is 4.79 Å². The van der Waals surface area contributed by atoms with E-state index in [0.29, 0.717) is 0 Å². The van der Waals surface area contributed by atoms with Gasteiger partial charge in [-0.05, 0) is 50.0 Å². The first-order valence-electron chi connectivity index (χ1n) is 15.9. The Kier molecular flexibility index (Phi) is 14.4. The minimum atomic E-state index is -2.15. The van der Waals surface area contributed by atoms with Crippen LogP contribution < -0.4 is 5.32 Å². The maximum absolute atomic E-state index is 13.2. The van der Waals surface area contributed by atoms with Crippen LogP contribution in [0, 0.1) is 0 Å². The van der Waals surface area contributed by atoms with E-state index in [9.17, 15) is 40.1 Å². The van der Waals surface area contributed by atoms with Crippen LogP contribution in [0.5, 0.6) is 0 Å². The molecule has 0 radical (unpaired) electrons. The molecule has 2 aliphatic heterocycles. The second-order valence-electron chi connectivity index (χ2n) is 11.8. The van der Waals surface area contributed by atoms with Gasteiger partial charge in [-0.3, -0.25) is 19.2 Å². The molecule has 2 amide bonds. The summed E-state index contributed by atoms with van der Waals surface area (Å²) < 4.78 is 10.7. The lowest BCUT2D eigenvalue weighted by Crippen LogP contribution is -2.55. The van der Waals surface area contributed by atoms with Crippen LogP contribution in [-0.2, 0) is 28.7 Å². The van der Waals surface area contributed by atoms with E-state index in [1.54, 1.807) is 43.5 Å². The van der Waals surface area contributed by atoms with Gasteiger partial charge in [-0.2, -0.15) is 9.58 Å². The minimum Gasteiger partial charge on any atom is -0.494 e. The third-order valence-electron chi connectivity index (χ3n) is 8.42. The maximum atomic E-state index is 13.2. The summed E-state index contributed by atoms with van der Waals surface area (Å²) in [5.41, 5.74) is 15.3. The summed E-state index contributed by atoms with van der Waals surface area (Å²) in [7, 11) is 1.59. The van der Waals surface area contributed by atoms with Crippen molar-refractivity contribution in [3.63, 3.8) is 0 Å². The number of carbonyl (C=O) groups excluding carboxylic acids is 5. The molecule has 0 aromatic rings. The molecule has 14 heteroatoms. The fourth-order valence-corrected chi connectivity index (χ4v) is 5.55. The number of carbonyl (C=O) groups is 5. The second-order valence-corrected chi connectivity index (χ2v) is 11.8. The van der Waals surface area contributed by atoms with E-state index >= 15 is 0 Å². The van der Waals surface area contributed by atoms with E-state index in [-0.39, 0.29) is 43.9 Å². The van der Waals surface area contributed by atoms with E-state index in [4.69, 9.17) is 9.47 Å². The van der Waals surface area contributed by atoms with Crippen molar-refractivity contribution in [2.24, 2.45) is 0 Å². The van der Waals surface area contributed by atoms with Gasteiger partial charge in [-0.25, -0.2) is 4.79 Å². The Hall–Kier alpha value is -4.77. The minimum absolute atomic E-state index is 0.0651. The molecular weight excluding hydrogens is 608 g/mol. The zero-order valence-electron chi connectivity index (χ0n) is 26.6. The van der Waals surface area contributed by atoms with Crippen LogP contribution in [0.15, 0.2) is 49.0 Å². The van der Waals surface area contributed by atoms with Crippen molar-refractivity contribution in [1.29, 1.82) is 0 Å². The molecule has 3 aliphatic rings. The summed E-state index contributed by atoms with van der Waals surface area (Å²) in [6.45, 7) is 0. The fourth-order valence-electron chi connectivity index (χ4n) is 5.55. The van der Waals surface area contributed by atoms with Gasteiger partial charge in [-0.1, -0.05) is 31.4 Å². The maximum Gasteiger partial charge on any atom is 0.400 e. The standard InChI is InChI=1S/C33H42N6O8/c1-39(23-9-3-2-4-10-23)32(44)36-33(45,19-17-28(42)30(37-34)26(40)15-13-24-11-5-7-21-46-24)20-18-29(43)31(38-35)27(41)16-14-25-12-6-8-22-47-25/h5-8,11-12,21-25,45H,2-4,9-10,13-20H2,1H3,(H,36,44). The lowest BCUT2D eigenvalue weighted by Gasteiger charge is -2.35. The van der Waals surface area contributed by atoms with Gasteiger partial charge in [0.1, 0.15) is 17.9 Å². The van der Waals surface area contributed by atoms with E-state index in [2.05, 4.69) is 14.9 Å². The van der Waals surface area contributed by atoms with Gasteiger partial charge < -0.3 is 35.9 Å². The van der Waals surface area contributed by atoms with Gasteiger partial charge in [0.2, 0.25) is 23.1 Å². The summed E-state index contributed by atoms with van der Waals surface area (Å²) in [4.78, 5) is 71.8. The topological polar surface area (TPSA) is 212 Å². The number of hydrogen-bond acceptors (Lipinski definition) is 8. The zero-order chi connectivity index (χ0) is 34.2. The third-order valence-corrected chi connectivity index (χ3v) is 8.42. The smallest absolute Gasteiger partial charge is 0.400 e. The van der Waals surface area contributed by atoms with Gasteiger partial charge in [0.25, 0.3) is 0 Å². The van der Waals surface area contributed by atoms with Crippen molar-refractivity contribution in [2.45, 2.75) is 107 Å². The summed E-state index contributed by atoms with van der Waals surface area (Å²) in [6.07, 6.45) is 15.3. The molecule has 0 spiro atoms. The van der Waals surface area contributed by atoms with Crippen molar-refractivity contribution in [2.75, 3.05) is 7.05 Å². The fraction of sp³-hybridized carbons (Fsp3) is 0.545. The number of urea groups is 1. The highest BCUT2D eigenvalue weighted by Crippen LogP contribution is 2.24. The predicted molar refractivity (Wildman–Crippen MR) is 169 cm³/mol. The molecule has 47 heavy (non-hydrogen) atoms. The summed E-state index contributed by atoms with van der Waals surface area (Å²) >= 11 is 0. The van der Waals surface area contributed by atoms with Crippen LogP contribution in [-0.4, -0.2) is 91.2 Å². The lowest BCUT2D eigenvalue weighted by atomic mass is 9.93. The number of ketones is 4. The number of hydrogen-bond donors (Lipinski definition) is 2. The highest BCUT2D eigenvalue weighted by molar-refractivity contribution is 6.64. The number of allylic oxidation sites excluding steroid dienone is 4. The Balaban J connectivity index is 1.65. The summed E-state index contributed by atoms with van der Waals surface area (Å²) in [5.74, 6) is -3.20. The Morgan fingerprint density at radius 2 is 1.21 bits per heavy atom. The average molecular weight is 651 g/mol. The molecule has 2 unspecified atom stereocenters. The molecular formula is C33H42N6O8. The SMILES string of the molecule is CN(C(=O)NC(O)(CCC(=O)C(=[N+]=[N-])C(=O)CCC1C=CC=CO1)CCC(=O)C(=[N+]=[N-])C(=O)CCC1C=CC=CO1)C1CCCCC1. The molecule has 0 aromatic heterocycles. The van der Waals surface area contributed by atoms with Crippen molar-refractivity contribution >= 4 is 40.6 Å². The summed E-state index contributed by atoms with van der Waals surface area (Å²) in [6, 6.07) is -0.701. The molecule has 3 rings (SSSR count). The van der Waals surface area contributed by atoms with Gasteiger partial charge in [-0.15, -0.1) is 0 Å². The van der Waals surface area contributed by atoms with Crippen LogP contribution in [0.25, 0.3) is 11.1 Å². The Labute approximate surface area is 273 Å². The van der Waals surface area contributed by atoms with E-state index in [1.165, 1.54) is 17.4 Å². The van der Waals surface area contributed by atoms with Crippen molar-refractivity contribution in [3.05, 3.63) is 60.0 Å². The van der Waals surface area contributed by atoms with E-state index in [0.717, 1.165) is 32.1 Å². The van der Waals surface area contributed by atoms with Gasteiger partial charge >= 0.3 is 17.5 Å². The zero-order valence-corrected chi connectivity index (χ0v) is 26.6. The molecule has 0 aromatic carbocycles. The largest absolute Gasteiger partial charge is 0.494 e. The number of rotatable bonds is 18. The van der Waals surface area contributed by atoms with Crippen LogP contribution >= 0.6 is 0 Å². The van der Waals surface area contributed by atoms with Crippen molar-refractivity contribution < 1.29 is 48.1 Å². The van der Waals surface area contributed by atoms with Crippen LogP contribution in [0.1, 0.15) is 83.5 Å². The van der Waals surface area contributed by atoms with Gasteiger partial charge in [0.15, 0.2) is 0 Å². The molecule has 0 bridgehead atoms. The average Bonchev–Trinajstić information content (AvgIpc) is 3.09. The first kappa shape index (κ1) is 36.7. The molecule has 0 saturated heterocycles. The Bertz CT molecular complexity index is 1330. The third kappa shape index (κ3) is 11.5. The normalized spacial score (nSPS) is 19.6. The number of aliphatic hydroxyl groups is 1. The quantitative estimate of drug-likeness (QED) is 0.0736. The predicted octanol–water partition coefficient (Wildman–Crippen LogP) is 3.33. The van der Waals surface area contributed by atoms with Crippen molar-refractivity contribution in [3.8, 4) is 0 Å². The Morgan fingerprint density at radius 3 is 1.62 bits per heavy atom. The number of Topliss-reactive ketones (excluding diaryl/α,β-unsaturated/α-hetero) is 4. The molecule has 2 N–H and O–H groups in total. The molecule has 14 nitrogen and oxygen atoms in total. The number of amides is 2. The molecule has 2 atom stereocenters. The van der Waals surface area contributed by atoms with Crippen LogP contribution in [0.3, 0.4) is 0 Å². The number of ether oxygens (including phenoxy) is 2. The highest BCUT2D eigenvalue weighted by Gasteiger charge is 2.38. The first-order valence-corrected chi connectivity index (χ1v) is 15.9. The molecule has 1 saturated carbocycles. The lowest BCUT2D eigenvalue weighted by molar-refractivity contribution is -0.125. The Morgan fingerprint density at radius 1 is 0.766 bits per heavy atom. The number of nitrogens with zero attached hydrogens (tertiary/aromatic N) is 5. The van der Waals surface area contributed by atoms with Gasteiger partial charge in [0, 0.05) is 51.6 Å². The highest BCUT2D eigenvalue weighted by atomic mass is 16.5. The number of nitrogens with one attached hydrogen (secondary N) is 1. The van der Waals surface area contributed by atoms with Crippen molar-refractivity contribution in [1.82, 2.24) is 10.2 Å². The van der Waals surface area contributed by atoms with E-state index in [1.807, 2.05) is 0 Å². The van der Waals surface area contributed by atoms with E-state index < -0.39 is 72.0 Å². The van der Waals surface area contributed by atoms with Gasteiger partial charge in [0.05, 0.1) is 12.5 Å². The molecule has 252 valence electrons.